The van der Waals surface area contributed by atoms with Crippen LogP contribution in [0.3, 0.4) is 0 Å². The summed E-state index contributed by atoms with van der Waals surface area (Å²) in [6.07, 6.45) is 3.41. The first-order valence-corrected chi connectivity index (χ1v) is 5.06. The van der Waals surface area contributed by atoms with Crippen LogP contribution in [-0.4, -0.2) is 20.6 Å². The Balaban J connectivity index is 2.50. The molecule has 94 valence electrons. The minimum Gasteiger partial charge on any atom is -0.355 e. The fraction of sp³-hybridized carbons (Fsp3) is 0.273. The largest absolute Gasteiger partial charge is 0.435 e. The lowest BCUT2D eigenvalue weighted by Gasteiger charge is -2.08. The van der Waals surface area contributed by atoms with Crippen LogP contribution in [0.25, 0.3) is 5.52 Å². The maximum atomic E-state index is 12.5. The van der Waals surface area contributed by atoms with E-state index in [2.05, 4.69) is 21.3 Å². The molecule has 18 heavy (non-hydrogen) atoms. The summed E-state index contributed by atoms with van der Waals surface area (Å²) in [6.45, 7) is 1.70. The number of terminal acetylenes is 1. The van der Waals surface area contributed by atoms with E-state index in [1.54, 1.807) is 6.92 Å². The molecule has 0 saturated carbocycles. The molecule has 0 radical (unpaired) electrons. The van der Waals surface area contributed by atoms with Crippen molar-refractivity contribution < 1.29 is 13.2 Å². The van der Waals surface area contributed by atoms with Crippen LogP contribution < -0.4 is 5.32 Å². The zero-order chi connectivity index (χ0) is 13.3. The second-order valence-electron chi connectivity index (χ2n) is 3.67. The van der Waals surface area contributed by atoms with Gasteiger partial charge >= 0.3 is 6.18 Å². The highest BCUT2D eigenvalue weighted by Crippen LogP contribution is 2.30. The number of fused-ring (bicyclic) bond motifs is 1. The first-order valence-electron chi connectivity index (χ1n) is 5.06. The Morgan fingerprint density at radius 2 is 2.22 bits per heavy atom. The monoisotopic (exact) mass is 254 g/mol. The summed E-state index contributed by atoms with van der Waals surface area (Å²) in [5.74, 6) is 2.68. The highest BCUT2D eigenvalue weighted by Gasteiger charge is 2.34. The van der Waals surface area contributed by atoms with Crippen LogP contribution in [0.2, 0.25) is 0 Å². The van der Waals surface area contributed by atoms with Crippen molar-refractivity contribution >= 4 is 11.3 Å². The van der Waals surface area contributed by atoms with Gasteiger partial charge in [-0.3, -0.25) is 0 Å². The lowest BCUT2D eigenvalue weighted by atomic mass is 10.3. The first kappa shape index (κ1) is 12.2. The van der Waals surface area contributed by atoms with Crippen molar-refractivity contribution in [3.05, 3.63) is 24.2 Å². The zero-order valence-electron chi connectivity index (χ0n) is 9.36. The molecule has 0 spiro atoms. The van der Waals surface area contributed by atoms with Gasteiger partial charge in [-0.25, -0.2) is 9.50 Å². The van der Waals surface area contributed by atoms with Crippen molar-refractivity contribution in [1.29, 1.82) is 0 Å². The van der Waals surface area contributed by atoms with E-state index in [4.69, 9.17) is 6.42 Å². The number of anilines is 1. The van der Waals surface area contributed by atoms with Crippen LogP contribution in [0.1, 0.15) is 12.6 Å². The van der Waals surface area contributed by atoms with E-state index >= 15 is 0 Å². The van der Waals surface area contributed by atoms with Gasteiger partial charge in [0, 0.05) is 18.5 Å². The minimum atomic E-state index is -4.49. The lowest BCUT2D eigenvalue weighted by Crippen LogP contribution is -2.13. The summed E-state index contributed by atoms with van der Waals surface area (Å²) in [5.41, 5.74) is -0.737. The van der Waals surface area contributed by atoms with E-state index in [1.807, 2.05) is 0 Å². The Morgan fingerprint density at radius 1 is 1.50 bits per heavy atom. The molecule has 0 aliphatic carbocycles. The molecule has 0 saturated heterocycles. The van der Waals surface area contributed by atoms with Gasteiger partial charge in [-0.15, -0.1) is 6.42 Å². The highest BCUT2D eigenvalue weighted by molar-refractivity contribution is 5.68. The third-order valence-electron chi connectivity index (χ3n) is 2.28. The van der Waals surface area contributed by atoms with E-state index in [0.29, 0.717) is 0 Å². The fourth-order valence-electron chi connectivity index (χ4n) is 1.42. The topological polar surface area (TPSA) is 42.2 Å². The fourth-order valence-corrected chi connectivity index (χ4v) is 1.42. The van der Waals surface area contributed by atoms with Crippen LogP contribution in [0, 0.1) is 12.3 Å². The number of alkyl halides is 3. The molecule has 2 aromatic rings. The van der Waals surface area contributed by atoms with Gasteiger partial charge in [-0.1, -0.05) is 5.92 Å². The van der Waals surface area contributed by atoms with Crippen molar-refractivity contribution in [2.45, 2.75) is 19.1 Å². The van der Waals surface area contributed by atoms with E-state index in [9.17, 15) is 13.2 Å². The molecule has 2 heterocycles. The number of nitrogens with zero attached hydrogens (tertiary/aromatic N) is 3. The second-order valence-corrected chi connectivity index (χ2v) is 3.67. The van der Waals surface area contributed by atoms with Crippen LogP contribution in [0.15, 0.2) is 18.5 Å². The number of hydrogen-bond acceptors (Lipinski definition) is 3. The molecular formula is C11H9F3N4. The molecule has 0 bridgehead atoms. The molecular weight excluding hydrogens is 245 g/mol. The molecule has 2 aromatic heterocycles. The average molecular weight is 254 g/mol. The number of aromatic nitrogens is 3. The van der Waals surface area contributed by atoms with Crippen molar-refractivity contribution in [2.24, 2.45) is 0 Å². The summed E-state index contributed by atoms with van der Waals surface area (Å²) in [4.78, 5) is 3.96. The summed E-state index contributed by atoms with van der Waals surface area (Å²) < 4.78 is 38.7. The number of hydrogen-bond donors (Lipinski definition) is 1. The average Bonchev–Trinajstić information content (AvgIpc) is 2.73. The Bertz CT molecular complexity index is 609. The van der Waals surface area contributed by atoms with Gasteiger partial charge in [-0.2, -0.15) is 18.3 Å². The Labute approximate surface area is 101 Å². The lowest BCUT2D eigenvalue weighted by molar-refractivity contribution is -0.141. The standard InChI is InChI=1S/C11H9F3N4/c1-3-7(2)16-10-8-6-9(11(12,13)14)17-18(8)5-4-15-10/h1,4-7H,2H3,(H,15,16). The van der Waals surface area contributed by atoms with E-state index < -0.39 is 11.9 Å². The molecule has 0 aromatic carbocycles. The van der Waals surface area contributed by atoms with Crippen LogP contribution >= 0.6 is 0 Å². The molecule has 7 heteroatoms. The highest BCUT2D eigenvalue weighted by atomic mass is 19.4. The zero-order valence-corrected chi connectivity index (χ0v) is 9.36. The van der Waals surface area contributed by atoms with Gasteiger partial charge in [0.2, 0.25) is 0 Å². The molecule has 0 aliphatic heterocycles. The summed E-state index contributed by atoms with van der Waals surface area (Å²) in [7, 11) is 0. The number of nitrogens with one attached hydrogen (secondary N) is 1. The molecule has 1 unspecified atom stereocenters. The maximum absolute atomic E-state index is 12.5. The van der Waals surface area contributed by atoms with Gasteiger partial charge < -0.3 is 5.32 Å². The molecule has 1 N–H and O–H groups in total. The number of rotatable bonds is 2. The van der Waals surface area contributed by atoms with Gasteiger partial charge in [0.15, 0.2) is 11.5 Å². The van der Waals surface area contributed by atoms with Crippen molar-refractivity contribution in [1.82, 2.24) is 14.6 Å². The van der Waals surface area contributed by atoms with Crippen molar-refractivity contribution in [2.75, 3.05) is 5.32 Å². The van der Waals surface area contributed by atoms with Gasteiger partial charge in [0.25, 0.3) is 0 Å². The SMILES string of the molecule is C#CC(C)Nc1nccn2nc(C(F)(F)F)cc12. The van der Waals surface area contributed by atoms with Crippen molar-refractivity contribution in [3.63, 3.8) is 0 Å². The Morgan fingerprint density at radius 3 is 2.83 bits per heavy atom. The molecule has 0 aliphatic rings. The predicted molar refractivity (Wildman–Crippen MR) is 59.9 cm³/mol. The second kappa shape index (κ2) is 4.22. The summed E-state index contributed by atoms with van der Waals surface area (Å²) in [5, 5.41) is 6.26. The van der Waals surface area contributed by atoms with Gasteiger partial charge in [0.1, 0.15) is 5.52 Å². The van der Waals surface area contributed by atoms with E-state index in [0.717, 1.165) is 10.6 Å². The van der Waals surface area contributed by atoms with Crippen LogP contribution in [0.4, 0.5) is 19.0 Å². The molecule has 1 atom stereocenters. The molecule has 4 nitrogen and oxygen atoms in total. The maximum Gasteiger partial charge on any atom is 0.435 e. The van der Waals surface area contributed by atoms with Crippen molar-refractivity contribution in [3.8, 4) is 12.3 Å². The van der Waals surface area contributed by atoms with Crippen LogP contribution in [0.5, 0.6) is 0 Å². The molecule has 0 fully saturated rings. The molecule has 0 amide bonds. The summed E-state index contributed by atoms with van der Waals surface area (Å²) >= 11 is 0. The normalized spacial score (nSPS) is 13.3. The minimum absolute atomic E-state index is 0.229. The van der Waals surface area contributed by atoms with E-state index in [-0.39, 0.29) is 17.4 Å². The smallest absolute Gasteiger partial charge is 0.355 e. The third kappa shape index (κ3) is 2.22. The Kier molecular flexibility index (Phi) is 2.87. The van der Waals surface area contributed by atoms with Gasteiger partial charge in [-0.05, 0) is 6.92 Å². The quantitative estimate of drug-likeness (QED) is 0.835. The van der Waals surface area contributed by atoms with E-state index in [1.165, 1.54) is 12.4 Å². The third-order valence-corrected chi connectivity index (χ3v) is 2.28. The number of halogens is 3. The van der Waals surface area contributed by atoms with Gasteiger partial charge in [0.05, 0.1) is 6.04 Å². The van der Waals surface area contributed by atoms with Crippen LogP contribution in [-0.2, 0) is 6.18 Å². The molecule has 2 rings (SSSR count). The predicted octanol–water partition coefficient (Wildman–Crippen LogP) is 2.18. The first-order chi connectivity index (χ1) is 8.41. The Hall–Kier alpha value is -2.23. The summed E-state index contributed by atoms with van der Waals surface area (Å²) in [6, 6.07) is 0.589.